The van der Waals surface area contributed by atoms with E-state index in [1.807, 2.05) is 25.1 Å². The SMILES string of the molecule is CCCCCCNC(=O)Cc1c(C)nc2ccccc2c1C. The highest BCUT2D eigenvalue weighted by atomic mass is 16.1. The minimum Gasteiger partial charge on any atom is -0.356 e. The van der Waals surface area contributed by atoms with Crippen LogP contribution in [0.3, 0.4) is 0 Å². The van der Waals surface area contributed by atoms with Crippen molar-refractivity contribution >= 4 is 16.8 Å². The van der Waals surface area contributed by atoms with E-state index in [2.05, 4.69) is 30.2 Å². The van der Waals surface area contributed by atoms with E-state index in [1.54, 1.807) is 0 Å². The van der Waals surface area contributed by atoms with Crippen LogP contribution < -0.4 is 5.32 Å². The van der Waals surface area contributed by atoms with Crippen molar-refractivity contribution in [1.29, 1.82) is 0 Å². The zero-order valence-corrected chi connectivity index (χ0v) is 13.9. The van der Waals surface area contributed by atoms with Gasteiger partial charge in [-0.05, 0) is 37.5 Å². The number of nitrogens with zero attached hydrogens (tertiary/aromatic N) is 1. The number of hydrogen-bond acceptors (Lipinski definition) is 2. The van der Waals surface area contributed by atoms with Gasteiger partial charge < -0.3 is 5.32 Å². The van der Waals surface area contributed by atoms with Crippen LogP contribution >= 0.6 is 0 Å². The lowest BCUT2D eigenvalue weighted by Crippen LogP contribution is -2.26. The number of carbonyl (C=O) groups excluding carboxylic acids is 1. The summed E-state index contributed by atoms with van der Waals surface area (Å²) in [5.74, 6) is 0.0970. The minimum absolute atomic E-state index is 0.0970. The summed E-state index contributed by atoms with van der Waals surface area (Å²) in [7, 11) is 0. The first-order valence-corrected chi connectivity index (χ1v) is 8.25. The van der Waals surface area contributed by atoms with Crippen LogP contribution in [0.15, 0.2) is 24.3 Å². The summed E-state index contributed by atoms with van der Waals surface area (Å²) < 4.78 is 0. The number of aromatic nitrogens is 1. The Labute approximate surface area is 133 Å². The lowest BCUT2D eigenvalue weighted by molar-refractivity contribution is -0.120. The van der Waals surface area contributed by atoms with E-state index < -0.39 is 0 Å². The smallest absolute Gasteiger partial charge is 0.224 e. The quantitative estimate of drug-likeness (QED) is 0.782. The molecule has 0 atom stereocenters. The molecule has 22 heavy (non-hydrogen) atoms. The summed E-state index contributed by atoms with van der Waals surface area (Å²) >= 11 is 0. The van der Waals surface area contributed by atoms with E-state index in [9.17, 15) is 4.79 Å². The standard InChI is InChI=1S/C19H26N2O/c1-4-5-6-9-12-20-19(22)13-17-14(2)16-10-7-8-11-18(16)21-15(17)3/h7-8,10-11H,4-6,9,12-13H2,1-3H3,(H,20,22). The molecule has 0 fully saturated rings. The van der Waals surface area contributed by atoms with Crippen molar-refractivity contribution in [1.82, 2.24) is 10.3 Å². The predicted octanol–water partition coefficient (Wildman–Crippen LogP) is 4.09. The van der Waals surface area contributed by atoms with Gasteiger partial charge in [0.15, 0.2) is 0 Å². The van der Waals surface area contributed by atoms with Gasteiger partial charge in [0, 0.05) is 17.6 Å². The van der Waals surface area contributed by atoms with E-state index in [1.165, 1.54) is 24.8 Å². The third kappa shape index (κ3) is 4.06. The number of fused-ring (bicyclic) bond motifs is 1. The van der Waals surface area contributed by atoms with Crippen LogP contribution in [0.4, 0.5) is 0 Å². The van der Waals surface area contributed by atoms with Crippen LogP contribution in [0.25, 0.3) is 10.9 Å². The first-order chi connectivity index (χ1) is 10.6. The molecule has 1 aromatic heterocycles. The van der Waals surface area contributed by atoms with Crippen molar-refractivity contribution in [3.05, 3.63) is 41.1 Å². The van der Waals surface area contributed by atoms with Crippen LogP contribution in [0.2, 0.25) is 0 Å². The van der Waals surface area contributed by atoms with Crippen LogP contribution in [0.5, 0.6) is 0 Å². The van der Waals surface area contributed by atoms with Crippen molar-refractivity contribution in [2.24, 2.45) is 0 Å². The van der Waals surface area contributed by atoms with E-state index in [4.69, 9.17) is 0 Å². The molecule has 2 aromatic rings. The zero-order chi connectivity index (χ0) is 15.9. The maximum atomic E-state index is 12.1. The number of para-hydroxylation sites is 1. The largest absolute Gasteiger partial charge is 0.356 e. The van der Waals surface area contributed by atoms with Gasteiger partial charge in [0.2, 0.25) is 5.91 Å². The normalized spacial score (nSPS) is 10.9. The highest BCUT2D eigenvalue weighted by molar-refractivity contribution is 5.86. The first-order valence-electron chi connectivity index (χ1n) is 8.25. The minimum atomic E-state index is 0.0970. The molecule has 0 spiro atoms. The Morgan fingerprint density at radius 3 is 2.68 bits per heavy atom. The van der Waals surface area contributed by atoms with Crippen molar-refractivity contribution in [2.75, 3.05) is 6.54 Å². The third-order valence-electron chi connectivity index (χ3n) is 4.18. The Hall–Kier alpha value is -1.90. The molecule has 0 saturated carbocycles. The van der Waals surface area contributed by atoms with Crippen LogP contribution in [-0.4, -0.2) is 17.4 Å². The Balaban J connectivity index is 2.03. The Morgan fingerprint density at radius 1 is 1.14 bits per heavy atom. The second-order valence-corrected chi connectivity index (χ2v) is 5.91. The van der Waals surface area contributed by atoms with Gasteiger partial charge in [-0.25, -0.2) is 0 Å². The van der Waals surface area contributed by atoms with Crippen LogP contribution in [0.1, 0.15) is 49.4 Å². The van der Waals surface area contributed by atoms with Gasteiger partial charge in [-0.2, -0.15) is 0 Å². The molecular weight excluding hydrogens is 272 g/mol. The molecule has 1 N–H and O–H groups in total. The topological polar surface area (TPSA) is 42.0 Å². The first kappa shape index (κ1) is 16.5. The number of carbonyl (C=O) groups is 1. The summed E-state index contributed by atoms with van der Waals surface area (Å²) in [6.07, 6.45) is 5.13. The van der Waals surface area contributed by atoms with Crippen molar-refractivity contribution < 1.29 is 4.79 Å². The Bertz CT molecular complexity index is 649. The third-order valence-corrected chi connectivity index (χ3v) is 4.18. The van der Waals surface area contributed by atoms with Gasteiger partial charge in [-0.1, -0.05) is 44.4 Å². The zero-order valence-electron chi connectivity index (χ0n) is 13.9. The predicted molar refractivity (Wildman–Crippen MR) is 92.1 cm³/mol. The van der Waals surface area contributed by atoms with Gasteiger partial charge in [-0.3, -0.25) is 9.78 Å². The maximum Gasteiger partial charge on any atom is 0.224 e. The number of nitrogens with one attached hydrogen (secondary N) is 1. The highest BCUT2D eigenvalue weighted by Crippen LogP contribution is 2.22. The van der Waals surface area contributed by atoms with E-state index in [0.29, 0.717) is 6.42 Å². The van der Waals surface area contributed by atoms with Gasteiger partial charge in [0.1, 0.15) is 0 Å². The second-order valence-electron chi connectivity index (χ2n) is 5.91. The average molecular weight is 298 g/mol. The van der Waals surface area contributed by atoms with Gasteiger partial charge in [0.25, 0.3) is 0 Å². The van der Waals surface area contributed by atoms with Crippen LogP contribution in [-0.2, 0) is 11.2 Å². The molecule has 0 aliphatic rings. The number of aryl methyl sites for hydroxylation is 2. The molecule has 0 bridgehead atoms. The number of unbranched alkanes of at least 4 members (excludes halogenated alkanes) is 3. The van der Waals surface area contributed by atoms with Gasteiger partial charge in [-0.15, -0.1) is 0 Å². The molecule has 1 amide bonds. The summed E-state index contributed by atoms with van der Waals surface area (Å²) in [5, 5.41) is 4.16. The summed E-state index contributed by atoms with van der Waals surface area (Å²) in [6.45, 7) is 7.04. The number of pyridine rings is 1. The van der Waals surface area contributed by atoms with Gasteiger partial charge >= 0.3 is 0 Å². The molecular formula is C19H26N2O. The lowest BCUT2D eigenvalue weighted by atomic mass is 9.99. The van der Waals surface area contributed by atoms with Crippen molar-refractivity contribution in [2.45, 2.75) is 52.9 Å². The van der Waals surface area contributed by atoms with E-state index in [0.717, 1.165) is 35.1 Å². The number of hydrogen-bond donors (Lipinski definition) is 1. The Kier molecular flexibility index (Phi) is 5.93. The van der Waals surface area contributed by atoms with E-state index >= 15 is 0 Å². The summed E-state index contributed by atoms with van der Waals surface area (Å²) in [5.41, 5.74) is 4.19. The molecule has 3 nitrogen and oxygen atoms in total. The average Bonchev–Trinajstić information content (AvgIpc) is 2.51. The molecule has 0 radical (unpaired) electrons. The maximum absolute atomic E-state index is 12.1. The molecule has 1 heterocycles. The lowest BCUT2D eigenvalue weighted by Gasteiger charge is -2.12. The monoisotopic (exact) mass is 298 g/mol. The fraction of sp³-hybridized carbons (Fsp3) is 0.474. The van der Waals surface area contributed by atoms with Crippen LogP contribution in [0, 0.1) is 13.8 Å². The highest BCUT2D eigenvalue weighted by Gasteiger charge is 2.12. The fourth-order valence-corrected chi connectivity index (χ4v) is 2.83. The molecule has 0 unspecified atom stereocenters. The number of benzene rings is 1. The van der Waals surface area contributed by atoms with Gasteiger partial charge in [0.05, 0.1) is 11.9 Å². The molecule has 0 saturated heterocycles. The molecule has 0 aliphatic heterocycles. The number of amides is 1. The molecule has 1 aromatic carbocycles. The summed E-state index contributed by atoms with van der Waals surface area (Å²) in [4.78, 5) is 16.8. The number of rotatable bonds is 7. The van der Waals surface area contributed by atoms with Crippen molar-refractivity contribution in [3.63, 3.8) is 0 Å². The van der Waals surface area contributed by atoms with Crippen molar-refractivity contribution in [3.8, 4) is 0 Å². The summed E-state index contributed by atoms with van der Waals surface area (Å²) in [6, 6.07) is 8.11. The molecule has 118 valence electrons. The molecule has 3 heteroatoms. The Morgan fingerprint density at radius 2 is 1.91 bits per heavy atom. The second kappa shape index (κ2) is 7.92. The molecule has 0 aliphatic carbocycles. The molecule has 2 rings (SSSR count). The fourth-order valence-electron chi connectivity index (χ4n) is 2.83. The van der Waals surface area contributed by atoms with E-state index in [-0.39, 0.29) is 5.91 Å².